The van der Waals surface area contributed by atoms with E-state index in [-0.39, 0.29) is 23.9 Å². The summed E-state index contributed by atoms with van der Waals surface area (Å²) in [7, 11) is 1.57. The highest BCUT2D eigenvalue weighted by Crippen LogP contribution is 2.30. The van der Waals surface area contributed by atoms with Crippen LogP contribution in [0.15, 0.2) is 107 Å². The molecule has 10 heteroatoms. The molecular formula is C29H23ClN4O5. The number of methoxy groups -OCH3 is 1. The van der Waals surface area contributed by atoms with Gasteiger partial charge in [0.1, 0.15) is 17.3 Å². The van der Waals surface area contributed by atoms with E-state index in [9.17, 15) is 9.59 Å². The summed E-state index contributed by atoms with van der Waals surface area (Å²) in [5.74, 6) is 1.69. The number of aromatic nitrogens is 2. The van der Waals surface area contributed by atoms with Crippen LogP contribution in [-0.2, 0) is 6.54 Å². The van der Waals surface area contributed by atoms with E-state index < -0.39 is 5.56 Å². The topological polar surface area (TPSA) is 108 Å². The number of rotatable bonds is 9. The lowest BCUT2D eigenvalue weighted by Gasteiger charge is -2.15. The molecule has 0 radical (unpaired) electrons. The highest BCUT2D eigenvalue weighted by atomic mass is 35.5. The van der Waals surface area contributed by atoms with Crippen molar-refractivity contribution in [3.05, 3.63) is 124 Å². The molecule has 2 heterocycles. The number of carbonyl (C=O) groups excluding carboxylic acids is 1. The minimum atomic E-state index is -0.462. The standard InChI is InChI=1S/C29H23ClN4O5/c1-37-23-11-13-24(14-12-23)39-26-18-32-34(22-9-7-20(30)8-10-22)29(36)27(26)33-21-5-2-4-19(16-21)28(35)31-17-25-6-3-15-38-25/h2-16,18,33H,17H2,1H3,(H,31,35). The number of anilines is 2. The Morgan fingerprint density at radius 3 is 2.49 bits per heavy atom. The fraction of sp³-hybridized carbons (Fsp3) is 0.0690. The Labute approximate surface area is 228 Å². The highest BCUT2D eigenvalue weighted by molar-refractivity contribution is 6.30. The Morgan fingerprint density at radius 1 is 1.00 bits per heavy atom. The number of nitrogens with zero attached hydrogens (tertiary/aromatic N) is 2. The number of hydrogen-bond donors (Lipinski definition) is 2. The molecule has 0 aliphatic heterocycles. The first kappa shape index (κ1) is 25.6. The van der Waals surface area contributed by atoms with E-state index in [1.807, 2.05) is 0 Å². The molecule has 9 nitrogen and oxygen atoms in total. The van der Waals surface area contributed by atoms with Gasteiger partial charge in [-0.25, -0.2) is 0 Å². The van der Waals surface area contributed by atoms with Crippen LogP contribution in [0, 0.1) is 0 Å². The minimum absolute atomic E-state index is 0.129. The van der Waals surface area contributed by atoms with Crippen LogP contribution in [0.4, 0.5) is 11.4 Å². The summed E-state index contributed by atoms with van der Waals surface area (Å²) >= 11 is 6.02. The highest BCUT2D eigenvalue weighted by Gasteiger charge is 2.16. The van der Waals surface area contributed by atoms with Crippen LogP contribution in [0.5, 0.6) is 17.2 Å². The van der Waals surface area contributed by atoms with Crippen molar-refractivity contribution < 1.29 is 18.7 Å². The van der Waals surface area contributed by atoms with Crippen molar-refractivity contribution in [3.63, 3.8) is 0 Å². The van der Waals surface area contributed by atoms with Crippen LogP contribution in [0.2, 0.25) is 5.02 Å². The normalized spacial score (nSPS) is 10.6. The summed E-state index contributed by atoms with van der Waals surface area (Å²) in [5, 5.41) is 10.8. The molecule has 0 atom stereocenters. The zero-order chi connectivity index (χ0) is 27.2. The Hall–Kier alpha value is -5.02. The fourth-order valence-corrected chi connectivity index (χ4v) is 3.86. The van der Waals surface area contributed by atoms with Crippen LogP contribution < -0.4 is 25.7 Å². The van der Waals surface area contributed by atoms with Crippen molar-refractivity contribution in [3.8, 4) is 22.9 Å². The van der Waals surface area contributed by atoms with Crippen LogP contribution in [0.1, 0.15) is 16.1 Å². The first-order valence-corrected chi connectivity index (χ1v) is 12.3. The molecule has 5 aromatic rings. The Bertz CT molecular complexity index is 1630. The van der Waals surface area contributed by atoms with E-state index >= 15 is 0 Å². The summed E-state index contributed by atoms with van der Waals surface area (Å²) in [6.07, 6.45) is 2.99. The lowest BCUT2D eigenvalue weighted by atomic mass is 10.2. The SMILES string of the molecule is COc1ccc(Oc2cnn(-c3ccc(Cl)cc3)c(=O)c2Nc2cccc(C(=O)NCc3ccco3)c2)cc1. The number of carbonyl (C=O) groups is 1. The van der Waals surface area contributed by atoms with Gasteiger partial charge in [-0.15, -0.1) is 0 Å². The lowest BCUT2D eigenvalue weighted by Crippen LogP contribution is -2.24. The number of benzene rings is 3. The van der Waals surface area contributed by atoms with Gasteiger partial charge in [-0.05, 0) is 78.9 Å². The van der Waals surface area contributed by atoms with Gasteiger partial charge >= 0.3 is 0 Å². The van der Waals surface area contributed by atoms with Crippen molar-refractivity contribution in [1.29, 1.82) is 0 Å². The average Bonchev–Trinajstić information content (AvgIpc) is 3.49. The van der Waals surface area contributed by atoms with Crippen molar-refractivity contribution in [2.45, 2.75) is 6.54 Å². The van der Waals surface area contributed by atoms with Crippen molar-refractivity contribution in [2.75, 3.05) is 12.4 Å². The molecule has 2 N–H and O–H groups in total. The summed E-state index contributed by atoms with van der Waals surface area (Å²) in [5.41, 5.74) is 1.09. The third-order valence-corrected chi connectivity index (χ3v) is 5.95. The predicted molar refractivity (Wildman–Crippen MR) is 148 cm³/mol. The molecule has 0 saturated carbocycles. The van der Waals surface area contributed by atoms with E-state index in [4.69, 9.17) is 25.5 Å². The number of hydrogen-bond acceptors (Lipinski definition) is 7. The van der Waals surface area contributed by atoms with E-state index in [2.05, 4.69) is 15.7 Å². The molecular weight excluding hydrogens is 520 g/mol. The van der Waals surface area contributed by atoms with Crippen molar-refractivity contribution in [2.24, 2.45) is 0 Å². The second kappa shape index (κ2) is 11.6. The van der Waals surface area contributed by atoms with Crippen molar-refractivity contribution in [1.82, 2.24) is 15.1 Å². The Kier molecular flexibility index (Phi) is 7.60. The number of halogens is 1. The van der Waals surface area contributed by atoms with Gasteiger partial charge in [0.25, 0.3) is 11.5 Å². The molecule has 0 aliphatic carbocycles. The predicted octanol–water partition coefficient (Wildman–Crippen LogP) is 5.95. The van der Waals surface area contributed by atoms with Crippen LogP contribution >= 0.6 is 11.6 Å². The maximum absolute atomic E-state index is 13.6. The van der Waals surface area contributed by atoms with Gasteiger partial charge in [0.05, 0.1) is 31.8 Å². The Balaban J connectivity index is 1.47. The number of furan rings is 1. The first-order valence-electron chi connectivity index (χ1n) is 11.9. The molecule has 196 valence electrons. The Morgan fingerprint density at radius 2 is 1.77 bits per heavy atom. The summed E-state index contributed by atoms with van der Waals surface area (Å²) < 4.78 is 17.7. The van der Waals surface area contributed by atoms with Gasteiger partial charge in [-0.2, -0.15) is 9.78 Å². The lowest BCUT2D eigenvalue weighted by molar-refractivity contribution is 0.0948. The maximum Gasteiger partial charge on any atom is 0.299 e. The third kappa shape index (κ3) is 6.11. The molecule has 3 aromatic carbocycles. The minimum Gasteiger partial charge on any atom is -0.497 e. The van der Waals surface area contributed by atoms with E-state index in [0.717, 1.165) is 0 Å². The second-order valence-corrected chi connectivity index (χ2v) is 8.76. The van der Waals surface area contributed by atoms with Gasteiger partial charge in [0.2, 0.25) is 0 Å². The number of nitrogens with one attached hydrogen (secondary N) is 2. The molecule has 1 amide bonds. The molecule has 5 rings (SSSR count). The van der Waals surface area contributed by atoms with Gasteiger partial charge in [0, 0.05) is 16.3 Å². The van der Waals surface area contributed by atoms with Gasteiger partial charge in [-0.1, -0.05) is 17.7 Å². The second-order valence-electron chi connectivity index (χ2n) is 8.32. The van der Waals surface area contributed by atoms with Gasteiger partial charge in [-0.3, -0.25) is 9.59 Å². The summed E-state index contributed by atoms with van der Waals surface area (Å²) in [6, 6.07) is 24.0. The zero-order valence-electron chi connectivity index (χ0n) is 20.8. The van der Waals surface area contributed by atoms with E-state index in [1.165, 1.54) is 10.9 Å². The number of ether oxygens (including phenoxy) is 2. The van der Waals surface area contributed by atoms with Crippen molar-refractivity contribution >= 4 is 28.9 Å². The fourth-order valence-electron chi connectivity index (χ4n) is 3.73. The smallest absolute Gasteiger partial charge is 0.299 e. The maximum atomic E-state index is 13.6. The molecule has 0 bridgehead atoms. The quantitative estimate of drug-likeness (QED) is 0.237. The first-order chi connectivity index (χ1) is 19.0. The summed E-state index contributed by atoms with van der Waals surface area (Å²) in [6.45, 7) is 0.249. The van der Waals surface area contributed by atoms with Crippen LogP contribution in [0.3, 0.4) is 0 Å². The molecule has 2 aromatic heterocycles. The molecule has 0 fully saturated rings. The zero-order valence-corrected chi connectivity index (χ0v) is 21.5. The average molecular weight is 543 g/mol. The summed E-state index contributed by atoms with van der Waals surface area (Å²) in [4.78, 5) is 26.4. The molecule has 0 unspecified atom stereocenters. The van der Waals surface area contributed by atoms with Gasteiger partial charge < -0.3 is 24.5 Å². The van der Waals surface area contributed by atoms with Crippen LogP contribution in [0.25, 0.3) is 5.69 Å². The van der Waals surface area contributed by atoms with E-state index in [1.54, 1.807) is 98.3 Å². The monoisotopic (exact) mass is 542 g/mol. The molecule has 0 saturated heterocycles. The number of amides is 1. The third-order valence-electron chi connectivity index (χ3n) is 5.70. The van der Waals surface area contributed by atoms with E-state index in [0.29, 0.717) is 39.2 Å². The molecule has 0 spiro atoms. The molecule has 0 aliphatic rings. The largest absolute Gasteiger partial charge is 0.497 e. The van der Waals surface area contributed by atoms with Gasteiger partial charge in [0.15, 0.2) is 11.4 Å². The molecule has 39 heavy (non-hydrogen) atoms. The van der Waals surface area contributed by atoms with Crippen LogP contribution in [-0.4, -0.2) is 22.8 Å².